The molecule has 0 spiro atoms. The Morgan fingerprint density at radius 1 is 1.30 bits per heavy atom. The number of rotatable bonds is 0. The van der Waals surface area contributed by atoms with E-state index in [1.807, 2.05) is 23.9 Å². The summed E-state index contributed by atoms with van der Waals surface area (Å²) >= 11 is 1.90. The summed E-state index contributed by atoms with van der Waals surface area (Å²) in [4.78, 5) is 0. The van der Waals surface area contributed by atoms with Gasteiger partial charge in [-0.3, -0.25) is 0 Å². The van der Waals surface area contributed by atoms with Crippen LogP contribution in [0.2, 0.25) is 0 Å². The Balaban J connectivity index is 2.22. The van der Waals surface area contributed by atoms with E-state index >= 15 is 0 Å². The van der Waals surface area contributed by atoms with Gasteiger partial charge in [0.15, 0.2) is 5.44 Å². The first-order valence-corrected chi connectivity index (χ1v) is 4.30. The molecular formula is C8H6OS. The Kier molecular flexibility index (Phi) is 0.765. The minimum atomic E-state index is 0.456. The monoisotopic (exact) mass is 150 g/mol. The second-order valence-electron chi connectivity index (χ2n) is 2.58. The zero-order valence-electron chi connectivity index (χ0n) is 5.28. The van der Waals surface area contributed by atoms with E-state index in [9.17, 15) is 0 Å². The van der Waals surface area contributed by atoms with Crippen molar-refractivity contribution in [2.75, 3.05) is 0 Å². The largest absolute Gasteiger partial charge is 0.478 e. The number of hydrogen-bond donors (Lipinski definition) is 0. The van der Waals surface area contributed by atoms with Gasteiger partial charge in [-0.15, -0.1) is 11.8 Å². The minimum absolute atomic E-state index is 0.456. The maximum absolute atomic E-state index is 5.54. The summed E-state index contributed by atoms with van der Waals surface area (Å²) in [6.07, 6.45) is 0. The number of fused-ring (bicyclic) bond motifs is 3. The van der Waals surface area contributed by atoms with E-state index in [4.69, 9.17) is 4.74 Å². The summed E-state index contributed by atoms with van der Waals surface area (Å²) in [6, 6.07) is 8.29. The lowest BCUT2D eigenvalue weighted by atomic mass is 10.2. The number of para-hydroxylation sites is 1. The van der Waals surface area contributed by atoms with Crippen LogP contribution < -0.4 is 4.74 Å². The van der Waals surface area contributed by atoms with Crippen LogP contribution in [-0.2, 0) is 0 Å². The standard InChI is InChI=1S/C8H6OS/c1-2-4-6-5(3-1)7-8(9-6)10-7/h1-4,7-8H. The normalized spacial score (nSPS) is 32.4. The topological polar surface area (TPSA) is 9.23 Å². The van der Waals surface area contributed by atoms with Crippen molar-refractivity contribution in [1.82, 2.24) is 0 Å². The van der Waals surface area contributed by atoms with E-state index in [1.54, 1.807) is 0 Å². The van der Waals surface area contributed by atoms with Gasteiger partial charge < -0.3 is 4.74 Å². The molecule has 0 saturated carbocycles. The van der Waals surface area contributed by atoms with Crippen molar-refractivity contribution in [3.63, 3.8) is 0 Å². The van der Waals surface area contributed by atoms with Crippen LogP contribution in [0, 0.1) is 0 Å². The van der Waals surface area contributed by atoms with Crippen LogP contribution in [0.5, 0.6) is 5.75 Å². The summed E-state index contributed by atoms with van der Waals surface area (Å²) in [6.45, 7) is 0. The molecule has 0 bridgehead atoms. The predicted molar refractivity (Wildman–Crippen MR) is 41.2 cm³/mol. The fourth-order valence-electron chi connectivity index (χ4n) is 1.36. The molecule has 2 heterocycles. The van der Waals surface area contributed by atoms with Gasteiger partial charge in [0.2, 0.25) is 0 Å². The molecule has 1 fully saturated rings. The third-order valence-corrected chi connectivity index (χ3v) is 3.04. The second kappa shape index (κ2) is 1.51. The second-order valence-corrected chi connectivity index (χ2v) is 3.83. The lowest BCUT2D eigenvalue weighted by molar-refractivity contribution is 0.347. The van der Waals surface area contributed by atoms with Crippen LogP contribution in [0.4, 0.5) is 0 Å². The van der Waals surface area contributed by atoms with Crippen molar-refractivity contribution in [3.8, 4) is 5.75 Å². The molecule has 0 radical (unpaired) electrons. The molecule has 10 heavy (non-hydrogen) atoms. The van der Waals surface area contributed by atoms with Gasteiger partial charge in [-0.25, -0.2) is 0 Å². The summed E-state index contributed by atoms with van der Waals surface area (Å²) < 4.78 is 5.54. The van der Waals surface area contributed by atoms with Crippen LogP contribution in [0.25, 0.3) is 0 Å². The molecular weight excluding hydrogens is 144 g/mol. The van der Waals surface area contributed by atoms with E-state index < -0.39 is 0 Å². The average Bonchev–Trinajstić information content (AvgIpc) is 2.64. The molecule has 0 N–H and O–H groups in total. The van der Waals surface area contributed by atoms with Crippen molar-refractivity contribution in [2.45, 2.75) is 10.7 Å². The Hall–Kier alpha value is -0.630. The molecule has 2 aliphatic heterocycles. The summed E-state index contributed by atoms with van der Waals surface area (Å²) in [7, 11) is 0. The van der Waals surface area contributed by atoms with Crippen molar-refractivity contribution >= 4 is 11.8 Å². The van der Waals surface area contributed by atoms with E-state index in [0.717, 1.165) is 5.75 Å². The van der Waals surface area contributed by atoms with Gasteiger partial charge in [-0.1, -0.05) is 18.2 Å². The van der Waals surface area contributed by atoms with E-state index in [0.29, 0.717) is 10.7 Å². The molecule has 2 heteroatoms. The van der Waals surface area contributed by atoms with Crippen molar-refractivity contribution in [1.29, 1.82) is 0 Å². The van der Waals surface area contributed by atoms with Gasteiger partial charge in [0.1, 0.15) is 5.75 Å². The lowest BCUT2D eigenvalue weighted by Crippen LogP contribution is -1.88. The molecule has 1 aromatic carbocycles. The van der Waals surface area contributed by atoms with Gasteiger partial charge in [0.05, 0.1) is 5.25 Å². The molecule has 1 nitrogen and oxygen atoms in total. The first-order chi connectivity index (χ1) is 4.95. The highest BCUT2D eigenvalue weighted by Gasteiger charge is 2.48. The lowest BCUT2D eigenvalue weighted by Gasteiger charge is -1.99. The molecule has 1 aromatic rings. The SMILES string of the molecule is c1ccc2c(c1)OC1SC21. The molecule has 0 amide bonds. The first-order valence-electron chi connectivity index (χ1n) is 3.36. The zero-order valence-corrected chi connectivity index (χ0v) is 6.10. The number of hydrogen-bond acceptors (Lipinski definition) is 2. The van der Waals surface area contributed by atoms with Gasteiger partial charge in [-0.2, -0.15) is 0 Å². The van der Waals surface area contributed by atoms with Crippen LogP contribution in [-0.4, -0.2) is 5.44 Å². The Morgan fingerprint density at radius 3 is 3.10 bits per heavy atom. The van der Waals surface area contributed by atoms with Crippen LogP contribution in [0.3, 0.4) is 0 Å². The smallest absolute Gasteiger partial charge is 0.161 e. The summed E-state index contributed by atoms with van der Waals surface area (Å²) in [5.74, 6) is 1.09. The number of thioether (sulfide) groups is 1. The number of ether oxygens (including phenoxy) is 1. The Labute approximate surface area is 63.4 Å². The highest BCUT2D eigenvalue weighted by atomic mass is 32.2. The quantitative estimate of drug-likeness (QED) is 0.524. The summed E-state index contributed by atoms with van der Waals surface area (Å²) in [5.41, 5.74) is 1.84. The van der Waals surface area contributed by atoms with Crippen molar-refractivity contribution in [3.05, 3.63) is 29.8 Å². The molecule has 2 unspecified atom stereocenters. The maximum atomic E-state index is 5.54. The van der Waals surface area contributed by atoms with Crippen molar-refractivity contribution in [2.24, 2.45) is 0 Å². The van der Waals surface area contributed by atoms with Gasteiger partial charge in [0.25, 0.3) is 0 Å². The molecule has 2 aliphatic rings. The van der Waals surface area contributed by atoms with Crippen LogP contribution >= 0.6 is 11.8 Å². The maximum Gasteiger partial charge on any atom is 0.161 e. The highest BCUT2D eigenvalue weighted by molar-refractivity contribution is 8.07. The van der Waals surface area contributed by atoms with E-state index in [-0.39, 0.29) is 0 Å². The fourth-order valence-corrected chi connectivity index (χ4v) is 2.26. The van der Waals surface area contributed by atoms with Crippen LogP contribution in [0.15, 0.2) is 24.3 Å². The minimum Gasteiger partial charge on any atom is -0.478 e. The highest BCUT2D eigenvalue weighted by Crippen LogP contribution is 2.62. The predicted octanol–water partition coefficient (Wildman–Crippen LogP) is 2.19. The molecule has 50 valence electrons. The van der Waals surface area contributed by atoms with Gasteiger partial charge in [-0.05, 0) is 6.07 Å². The molecule has 1 saturated heterocycles. The third-order valence-electron chi connectivity index (χ3n) is 1.92. The Morgan fingerprint density at radius 2 is 2.20 bits per heavy atom. The molecule has 3 rings (SSSR count). The van der Waals surface area contributed by atoms with Crippen molar-refractivity contribution < 1.29 is 4.74 Å². The fraction of sp³-hybridized carbons (Fsp3) is 0.250. The third kappa shape index (κ3) is 0.504. The van der Waals surface area contributed by atoms with Gasteiger partial charge in [0, 0.05) is 5.56 Å². The molecule has 0 aliphatic carbocycles. The number of benzene rings is 1. The van der Waals surface area contributed by atoms with E-state index in [1.165, 1.54) is 5.56 Å². The Bertz CT molecular complexity index is 284. The van der Waals surface area contributed by atoms with Crippen LogP contribution in [0.1, 0.15) is 10.8 Å². The molecule has 2 atom stereocenters. The van der Waals surface area contributed by atoms with Gasteiger partial charge >= 0.3 is 0 Å². The summed E-state index contributed by atoms with van der Waals surface area (Å²) in [5, 5.41) is 0.663. The first kappa shape index (κ1) is 5.08. The zero-order chi connectivity index (χ0) is 6.55. The average molecular weight is 150 g/mol. The molecule has 0 aromatic heterocycles. The van der Waals surface area contributed by atoms with E-state index in [2.05, 4.69) is 12.1 Å².